The summed E-state index contributed by atoms with van der Waals surface area (Å²) < 4.78 is 11.2. The lowest BCUT2D eigenvalue weighted by Crippen LogP contribution is -2.60. The Morgan fingerprint density at radius 1 is 0.448 bits per heavy atom. The van der Waals surface area contributed by atoms with Crippen LogP contribution >= 0.6 is 0 Å². The Morgan fingerprint density at radius 3 is 1.06 bits per heavy atom. The Morgan fingerprint density at radius 2 is 0.746 bits per heavy atom. The third kappa shape index (κ3) is 36.7. The van der Waals surface area contributed by atoms with Crippen LogP contribution in [0.2, 0.25) is 0 Å². The summed E-state index contributed by atoms with van der Waals surface area (Å²) >= 11 is 0. The molecule has 1 saturated heterocycles. The van der Waals surface area contributed by atoms with Crippen LogP contribution in [0.1, 0.15) is 296 Å². The molecule has 10 heteroatoms. The Kier molecular flexibility index (Phi) is 45.5. The van der Waals surface area contributed by atoms with Crippen molar-refractivity contribution in [2.75, 3.05) is 13.2 Å². The van der Waals surface area contributed by atoms with Gasteiger partial charge in [-0.15, -0.1) is 0 Å². The predicted molar refractivity (Wildman–Crippen MR) is 278 cm³/mol. The van der Waals surface area contributed by atoms with Gasteiger partial charge in [0, 0.05) is 0 Å². The van der Waals surface area contributed by atoms with Crippen molar-refractivity contribution in [2.45, 2.75) is 345 Å². The van der Waals surface area contributed by atoms with Crippen molar-refractivity contribution in [3.05, 3.63) is 0 Å². The number of rotatable bonds is 51. The van der Waals surface area contributed by atoms with Gasteiger partial charge in [0.2, 0.25) is 5.91 Å². The number of carbonyl (C=O) groups is 1. The maximum atomic E-state index is 13.1. The second-order valence-electron chi connectivity index (χ2n) is 20.9. The van der Waals surface area contributed by atoms with Gasteiger partial charge < -0.3 is 45.4 Å². The molecular formula is C57H113NO9. The SMILES string of the molecule is CCCCCCCCCCCCCCCCCCCCCCCCCCCCC(O)C(=O)NC(COC1OC(CO)C(O)C(O)C1O)C(O)CCCCCCCCCCCCCCCCCC. The Balaban J connectivity index is 2.20. The molecule has 400 valence electrons. The van der Waals surface area contributed by atoms with Crippen LogP contribution in [0.3, 0.4) is 0 Å². The lowest BCUT2D eigenvalue weighted by Gasteiger charge is -2.40. The van der Waals surface area contributed by atoms with Crippen LogP contribution in [0, 0.1) is 0 Å². The van der Waals surface area contributed by atoms with Crippen molar-refractivity contribution in [1.29, 1.82) is 0 Å². The first-order chi connectivity index (χ1) is 32.8. The molecule has 1 amide bonds. The van der Waals surface area contributed by atoms with E-state index in [0.29, 0.717) is 12.8 Å². The number of amides is 1. The molecule has 0 radical (unpaired) electrons. The minimum atomic E-state index is -1.59. The van der Waals surface area contributed by atoms with E-state index in [2.05, 4.69) is 19.2 Å². The van der Waals surface area contributed by atoms with Gasteiger partial charge in [0.05, 0.1) is 25.4 Å². The van der Waals surface area contributed by atoms with Crippen LogP contribution in [-0.4, -0.2) is 98.7 Å². The van der Waals surface area contributed by atoms with Crippen molar-refractivity contribution in [2.24, 2.45) is 0 Å². The van der Waals surface area contributed by atoms with E-state index in [1.807, 2.05) is 0 Å². The molecule has 7 N–H and O–H groups in total. The zero-order chi connectivity index (χ0) is 48.8. The third-order valence-corrected chi connectivity index (χ3v) is 14.6. The summed E-state index contributed by atoms with van der Waals surface area (Å²) in [5.74, 6) is -0.576. The minimum absolute atomic E-state index is 0.249. The smallest absolute Gasteiger partial charge is 0.249 e. The highest BCUT2D eigenvalue weighted by Gasteiger charge is 2.44. The fraction of sp³-hybridized carbons (Fsp3) is 0.982. The summed E-state index contributed by atoms with van der Waals surface area (Å²) in [5, 5.41) is 65.2. The van der Waals surface area contributed by atoms with E-state index in [0.717, 1.165) is 38.5 Å². The molecule has 8 atom stereocenters. The highest BCUT2D eigenvalue weighted by atomic mass is 16.7. The summed E-state index contributed by atoms with van der Waals surface area (Å²) in [7, 11) is 0. The topological polar surface area (TPSA) is 169 Å². The monoisotopic (exact) mass is 956 g/mol. The second-order valence-corrected chi connectivity index (χ2v) is 20.9. The van der Waals surface area contributed by atoms with Gasteiger partial charge in [0.1, 0.15) is 30.5 Å². The van der Waals surface area contributed by atoms with E-state index < -0.39 is 61.5 Å². The van der Waals surface area contributed by atoms with Gasteiger partial charge in [-0.2, -0.15) is 0 Å². The molecule has 0 aliphatic carbocycles. The second kappa shape index (κ2) is 47.5. The molecule has 67 heavy (non-hydrogen) atoms. The van der Waals surface area contributed by atoms with Gasteiger partial charge in [-0.3, -0.25) is 4.79 Å². The molecule has 1 fully saturated rings. The lowest BCUT2D eigenvalue weighted by molar-refractivity contribution is -0.302. The molecule has 10 nitrogen and oxygen atoms in total. The molecule has 0 saturated carbocycles. The molecule has 0 bridgehead atoms. The number of carbonyl (C=O) groups excluding carboxylic acids is 1. The van der Waals surface area contributed by atoms with Crippen LogP contribution in [-0.2, 0) is 14.3 Å². The number of nitrogens with one attached hydrogen (secondary N) is 1. The lowest BCUT2D eigenvalue weighted by atomic mass is 9.99. The van der Waals surface area contributed by atoms with Gasteiger partial charge in [-0.05, 0) is 12.8 Å². The van der Waals surface area contributed by atoms with Crippen molar-refractivity contribution in [1.82, 2.24) is 5.32 Å². The fourth-order valence-electron chi connectivity index (χ4n) is 9.82. The Bertz CT molecular complexity index is 1040. The summed E-state index contributed by atoms with van der Waals surface area (Å²) in [4.78, 5) is 13.1. The van der Waals surface area contributed by atoms with E-state index in [1.165, 1.54) is 231 Å². The van der Waals surface area contributed by atoms with Gasteiger partial charge in [-0.25, -0.2) is 0 Å². The summed E-state index contributed by atoms with van der Waals surface area (Å²) in [6, 6.07) is -0.889. The normalized spacial score (nSPS) is 20.0. The van der Waals surface area contributed by atoms with Gasteiger partial charge in [-0.1, -0.05) is 284 Å². The first kappa shape index (κ1) is 64.2. The molecule has 0 aromatic heterocycles. The molecule has 0 aromatic rings. The average Bonchev–Trinajstić information content (AvgIpc) is 3.33. The van der Waals surface area contributed by atoms with Crippen LogP contribution in [0.4, 0.5) is 0 Å². The molecular weight excluding hydrogens is 843 g/mol. The molecule has 1 heterocycles. The first-order valence-corrected chi connectivity index (χ1v) is 29.3. The van der Waals surface area contributed by atoms with Gasteiger partial charge in [0.15, 0.2) is 6.29 Å². The maximum Gasteiger partial charge on any atom is 0.249 e. The highest BCUT2D eigenvalue weighted by molar-refractivity contribution is 5.80. The Hall–Kier alpha value is -0.850. The van der Waals surface area contributed by atoms with Gasteiger partial charge >= 0.3 is 0 Å². The maximum absolute atomic E-state index is 13.1. The molecule has 1 aliphatic rings. The van der Waals surface area contributed by atoms with Crippen LogP contribution in [0.25, 0.3) is 0 Å². The fourth-order valence-corrected chi connectivity index (χ4v) is 9.82. The zero-order valence-corrected chi connectivity index (χ0v) is 44.1. The van der Waals surface area contributed by atoms with Crippen LogP contribution in [0.5, 0.6) is 0 Å². The molecule has 0 spiro atoms. The number of ether oxygens (including phenoxy) is 2. The number of aliphatic hydroxyl groups excluding tert-OH is 6. The predicted octanol–water partition coefficient (Wildman–Crippen LogP) is 13.2. The number of aliphatic hydroxyl groups is 6. The van der Waals surface area contributed by atoms with Crippen molar-refractivity contribution in [3.63, 3.8) is 0 Å². The van der Waals surface area contributed by atoms with E-state index in [4.69, 9.17) is 9.47 Å². The van der Waals surface area contributed by atoms with Crippen LogP contribution in [0.15, 0.2) is 0 Å². The third-order valence-electron chi connectivity index (χ3n) is 14.6. The number of hydrogen-bond donors (Lipinski definition) is 7. The van der Waals surface area contributed by atoms with Crippen LogP contribution < -0.4 is 5.32 Å². The van der Waals surface area contributed by atoms with E-state index in [-0.39, 0.29) is 6.61 Å². The van der Waals surface area contributed by atoms with E-state index in [1.54, 1.807) is 0 Å². The van der Waals surface area contributed by atoms with E-state index in [9.17, 15) is 35.4 Å². The largest absolute Gasteiger partial charge is 0.394 e. The molecule has 1 rings (SSSR count). The molecule has 0 aromatic carbocycles. The van der Waals surface area contributed by atoms with Crippen molar-refractivity contribution in [3.8, 4) is 0 Å². The Labute approximate surface area is 413 Å². The van der Waals surface area contributed by atoms with Crippen molar-refractivity contribution >= 4 is 5.91 Å². The first-order valence-electron chi connectivity index (χ1n) is 29.3. The summed E-state index contributed by atoms with van der Waals surface area (Å²) in [6.45, 7) is 3.72. The zero-order valence-electron chi connectivity index (χ0n) is 44.1. The standard InChI is InChI=1S/C57H113NO9/c1-3-5-7-9-11-13-15-17-19-21-22-23-24-25-26-27-28-29-30-32-34-36-38-40-42-44-46-51(61)56(65)58-49(48-66-57-55(64)54(63)53(62)52(47-59)67-57)50(60)45-43-41-39-37-35-33-31-20-18-16-14-12-10-8-6-4-2/h49-55,57,59-64H,3-48H2,1-2H3,(H,58,65). The molecule has 1 aliphatic heterocycles. The number of unbranched alkanes of at least 4 members (excludes halogenated alkanes) is 40. The molecule has 8 unspecified atom stereocenters. The average molecular weight is 957 g/mol. The minimum Gasteiger partial charge on any atom is -0.394 e. The van der Waals surface area contributed by atoms with Crippen molar-refractivity contribution < 1.29 is 44.9 Å². The number of hydrogen-bond acceptors (Lipinski definition) is 9. The summed E-state index contributed by atoms with van der Waals surface area (Å²) in [5.41, 5.74) is 0. The van der Waals surface area contributed by atoms with Gasteiger partial charge in [0.25, 0.3) is 0 Å². The quantitative estimate of drug-likeness (QED) is 0.0293. The van der Waals surface area contributed by atoms with E-state index >= 15 is 0 Å². The summed E-state index contributed by atoms with van der Waals surface area (Å²) in [6.07, 6.45) is 46.0. The highest BCUT2D eigenvalue weighted by Crippen LogP contribution is 2.23.